The third kappa shape index (κ3) is 3.42. The van der Waals surface area contributed by atoms with Gasteiger partial charge >= 0.3 is 0 Å². The molecule has 2 aromatic rings. The molecule has 21 heavy (non-hydrogen) atoms. The Morgan fingerprint density at radius 2 is 1.90 bits per heavy atom. The molecule has 110 valence electrons. The van der Waals surface area contributed by atoms with Gasteiger partial charge in [0.15, 0.2) is 0 Å². The summed E-state index contributed by atoms with van der Waals surface area (Å²) in [5.41, 5.74) is 0. The van der Waals surface area contributed by atoms with Crippen molar-refractivity contribution < 1.29 is 13.9 Å². The van der Waals surface area contributed by atoms with Gasteiger partial charge in [-0.2, -0.15) is 0 Å². The zero-order chi connectivity index (χ0) is 14.7. The lowest BCUT2D eigenvalue weighted by molar-refractivity contribution is 0.0600. The first-order chi connectivity index (χ1) is 10.2. The molecule has 0 bridgehead atoms. The Kier molecular flexibility index (Phi) is 4.20. The molecule has 1 aliphatic heterocycles. The van der Waals surface area contributed by atoms with Crippen LogP contribution in [0.2, 0.25) is 0 Å². The highest BCUT2D eigenvalue weighted by atomic mass is 32.1. The van der Waals surface area contributed by atoms with Crippen LogP contribution >= 0.6 is 11.3 Å². The predicted molar refractivity (Wildman–Crippen MR) is 80.3 cm³/mol. The quantitative estimate of drug-likeness (QED) is 0.867. The molecule has 0 aliphatic carbocycles. The summed E-state index contributed by atoms with van der Waals surface area (Å²) >= 11 is 1.47. The Bertz CT molecular complexity index is 589. The van der Waals surface area contributed by atoms with Crippen molar-refractivity contribution in [3.8, 4) is 5.75 Å². The van der Waals surface area contributed by atoms with Gasteiger partial charge < -0.3 is 9.64 Å². The number of benzene rings is 1. The average Bonchev–Trinajstić information content (AvgIpc) is 3.04. The minimum Gasteiger partial charge on any atom is -0.490 e. The Morgan fingerprint density at radius 1 is 1.19 bits per heavy atom. The first-order valence-electron chi connectivity index (χ1n) is 6.97. The molecule has 0 radical (unpaired) electrons. The molecule has 3 nitrogen and oxygen atoms in total. The van der Waals surface area contributed by atoms with Crippen LogP contribution in [0.1, 0.15) is 22.5 Å². The molecule has 1 fully saturated rings. The fraction of sp³-hybridized carbons (Fsp3) is 0.312. The molecule has 1 aliphatic rings. The number of carbonyl (C=O) groups is 1. The van der Waals surface area contributed by atoms with E-state index in [9.17, 15) is 9.18 Å². The predicted octanol–water partition coefficient (Wildman–Crippen LogP) is 3.57. The number of carbonyl (C=O) groups excluding carboxylic acids is 1. The molecule has 0 N–H and O–H groups in total. The first kappa shape index (κ1) is 14.1. The van der Waals surface area contributed by atoms with E-state index in [2.05, 4.69) is 0 Å². The molecule has 2 heterocycles. The largest absolute Gasteiger partial charge is 0.490 e. The van der Waals surface area contributed by atoms with Crippen LogP contribution in [0.5, 0.6) is 5.75 Å². The molecule has 0 spiro atoms. The number of halogens is 1. The molecule has 1 aromatic carbocycles. The second-order valence-corrected chi connectivity index (χ2v) is 5.99. The first-order valence-corrected chi connectivity index (χ1v) is 7.85. The number of rotatable bonds is 3. The van der Waals surface area contributed by atoms with E-state index in [1.54, 1.807) is 12.1 Å². The van der Waals surface area contributed by atoms with Gasteiger partial charge in [0, 0.05) is 25.9 Å². The van der Waals surface area contributed by atoms with E-state index < -0.39 is 0 Å². The molecule has 1 aromatic heterocycles. The van der Waals surface area contributed by atoms with Crippen LogP contribution in [-0.4, -0.2) is 30.0 Å². The van der Waals surface area contributed by atoms with Crippen LogP contribution < -0.4 is 4.74 Å². The molecular formula is C16H16FNO2S. The number of hydrogen-bond donors (Lipinski definition) is 0. The fourth-order valence-corrected chi connectivity index (χ4v) is 3.13. The summed E-state index contributed by atoms with van der Waals surface area (Å²) in [5.74, 6) is 0.517. The number of amides is 1. The second kappa shape index (κ2) is 6.26. The molecule has 3 rings (SSSR count). The van der Waals surface area contributed by atoms with Gasteiger partial charge in [0.25, 0.3) is 5.91 Å². The summed E-state index contributed by atoms with van der Waals surface area (Å²) in [4.78, 5) is 14.9. The zero-order valence-electron chi connectivity index (χ0n) is 11.5. The summed E-state index contributed by atoms with van der Waals surface area (Å²) < 4.78 is 18.7. The van der Waals surface area contributed by atoms with Crippen LogP contribution in [0.25, 0.3) is 0 Å². The van der Waals surface area contributed by atoms with Crippen molar-refractivity contribution in [3.63, 3.8) is 0 Å². The van der Waals surface area contributed by atoms with Crippen molar-refractivity contribution in [1.29, 1.82) is 0 Å². The number of thiophene rings is 1. The fourth-order valence-electron chi connectivity index (χ4n) is 2.44. The van der Waals surface area contributed by atoms with E-state index >= 15 is 0 Å². The lowest BCUT2D eigenvalue weighted by atomic mass is 10.1. The van der Waals surface area contributed by atoms with Crippen molar-refractivity contribution in [3.05, 3.63) is 52.5 Å². The van der Waals surface area contributed by atoms with Crippen LogP contribution in [0.15, 0.2) is 41.8 Å². The topological polar surface area (TPSA) is 29.5 Å². The van der Waals surface area contributed by atoms with Crippen molar-refractivity contribution in [2.45, 2.75) is 18.9 Å². The van der Waals surface area contributed by atoms with Gasteiger partial charge in [-0.15, -0.1) is 11.3 Å². The summed E-state index contributed by atoms with van der Waals surface area (Å²) in [6.07, 6.45) is 1.69. The number of nitrogens with zero attached hydrogens (tertiary/aromatic N) is 1. The number of piperidine rings is 1. The lowest BCUT2D eigenvalue weighted by Gasteiger charge is -2.32. The SMILES string of the molecule is O=C(c1cccs1)N1CCC(Oc2ccc(F)cc2)CC1. The normalized spacial score (nSPS) is 16.0. The zero-order valence-corrected chi connectivity index (χ0v) is 12.3. The maximum atomic E-state index is 12.8. The highest BCUT2D eigenvalue weighted by Crippen LogP contribution is 2.21. The standard InChI is InChI=1S/C16H16FNO2S/c17-12-3-5-13(6-4-12)20-14-7-9-18(10-8-14)16(19)15-2-1-11-21-15/h1-6,11,14H,7-10H2. The molecule has 1 saturated heterocycles. The maximum absolute atomic E-state index is 12.8. The lowest BCUT2D eigenvalue weighted by Crippen LogP contribution is -2.41. The van der Waals surface area contributed by atoms with Crippen LogP contribution in [0.3, 0.4) is 0 Å². The van der Waals surface area contributed by atoms with Crippen molar-refractivity contribution in [2.24, 2.45) is 0 Å². The number of hydrogen-bond acceptors (Lipinski definition) is 3. The Hall–Kier alpha value is -1.88. The van der Waals surface area contributed by atoms with E-state index in [0.29, 0.717) is 18.8 Å². The van der Waals surface area contributed by atoms with Crippen LogP contribution in [0, 0.1) is 5.82 Å². The summed E-state index contributed by atoms with van der Waals surface area (Å²) in [6, 6.07) is 9.81. The van der Waals surface area contributed by atoms with Crippen LogP contribution in [0.4, 0.5) is 4.39 Å². The van der Waals surface area contributed by atoms with Gasteiger partial charge in [0.2, 0.25) is 0 Å². The van der Waals surface area contributed by atoms with Crippen LogP contribution in [-0.2, 0) is 0 Å². The van der Waals surface area contributed by atoms with Gasteiger partial charge in [0.05, 0.1) is 4.88 Å². The van der Waals surface area contributed by atoms with Crippen molar-refractivity contribution in [2.75, 3.05) is 13.1 Å². The van der Waals surface area contributed by atoms with Gasteiger partial charge in [0.1, 0.15) is 17.7 Å². The summed E-state index contributed by atoms with van der Waals surface area (Å²) in [6.45, 7) is 1.39. The van der Waals surface area contributed by atoms with Gasteiger partial charge in [-0.25, -0.2) is 4.39 Å². The van der Waals surface area contributed by atoms with E-state index in [1.807, 2.05) is 22.4 Å². The summed E-state index contributed by atoms with van der Waals surface area (Å²) in [7, 11) is 0. The Labute approximate surface area is 127 Å². The third-order valence-corrected chi connectivity index (χ3v) is 4.44. The van der Waals surface area contributed by atoms with Crippen molar-refractivity contribution in [1.82, 2.24) is 4.90 Å². The maximum Gasteiger partial charge on any atom is 0.263 e. The van der Waals surface area contributed by atoms with Gasteiger partial charge in [-0.05, 0) is 35.7 Å². The molecule has 0 atom stereocenters. The van der Waals surface area contributed by atoms with E-state index in [-0.39, 0.29) is 17.8 Å². The smallest absolute Gasteiger partial charge is 0.263 e. The van der Waals surface area contributed by atoms with Crippen molar-refractivity contribution >= 4 is 17.2 Å². The number of ether oxygens (including phenoxy) is 1. The Balaban J connectivity index is 1.53. The molecule has 1 amide bonds. The van der Waals surface area contributed by atoms with E-state index in [4.69, 9.17) is 4.74 Å². The molecule has 0 saturated carbocycles. The Morgan fingerprint density at radius 3 is 2.52 bits per heavy atom. The molecule has 5 heteroatoms. The highest BCUT2D eigenvalue weighted by Gasteiger charge is 2.25. The minimum atomic E-state index is -0.265. The van der Waals surface area contributed by atoms with Gasteiger partial charge in [-0.3, -0.25) is 4.79 Å². The highest BCUT2D eigenvalue weighted by molar-refractivity contribution is 7.12. The monoisotopic (exact) mass is 305 g/mol. The minimum absolute atomic E-state index is 0.0860. The third-order valence-electron chi connectivity index (χ3n) is 3.58. The number of likely N-dealkylation sites (tertiary alicyclic amines) is 1. The van der Waals surface area contributed by atoms with Gasteiger partial charge in [-0.1, -0.05) is 6.07 Å². The van der Waals surface area contributed by atoms with E-state index in [1.165, 1.54) is 23.5 Å². The average molecular weight is 305 g/mol. The molecular weight excluding hydrogens is 289 g/mol. The molecule has 0 unspecified atom stereocenters. The van der Waals surface area contributed by atoms with E-state index in [0.717, 1.165) is 17.7 Å². The summed E-state index contributed by atoms with van der Waals surface area (Å²) in [5, 5.41) is 1.91. The second-order valence-electron chi connectivity index (χ2n) is 5.04.